The van der Waals surface area contributed by atoms with Crippen LogP contribution in [0.5, 0.6) is 0 Å². The minimum absolute atomic E-state index is 0.0993. The van der Waals surface area contributed by atoms with Gasteiger partial charge in [0.05, 0.1) is 23.9 Å². The molecular weight excluding hydrogens is 532 g/mol. The minimum Gasteiger partial charge on any atom is -0.458 e. The van der Waals surface area contributed by atoms with Crippen molar-refractivity contribution in [2.24, 2.45) is 0 Å². The van der Waals surface area contributed by atoms with Gasteiger partial charge in [-0.3, -0.25) is 0 Å². The number of benzene rings is 1. The predicted octanol–water partition coefficient (Wildman–Crippen LogP) is 3.85. The Labute approximate surface area is 218 Å². The van der Waals surface area contributed by atoms with E-state index in [-0.39, 0.29) is 54.8 Å². The zero-order valence-electron chi connectivity index (χ0n) is 20.0. The van der Waals surface area contributed by atoms with Gasteiger partial charge in [-0.05, 0) is 35.9 Å². The van der Waals surface area contributed by atoms with E-state index in [1.54, 1.807) is 12.1 Å². The second kappa shape index (κ2) is 9.93. The third kappa shape index (κ3) is 4.59. The van der Waals surface area contributed by atoms with E-state index >= 15 is 0 Å². The predicted molar refractivity (Wildman–Crippen MR) is 131 cm³/mol. The lowest BCUT2D eigenvalue weighted by atomic mass is 9.87. The number of aldehydes is 1. The third-order valence-corrected chi connectivity index (χ3v) is 8.29. The Balaban J connectivity index is 1.18. The number of ether oxygens (including phenoxy) is 6. The lowest BCUT2D eigenvalue weighted by molar-refractivity contribution is -0.292. The van der Waals surface area contributed by atoms with Gasteiger partial charge in [-0.25, -0.2) is 4.79 Å². The largest absolute Gasteiger partial charge is 0.458 e. The van der Waals surface area contributed by atoms with Gasteiger partial charge < -0.3 is 33.2 Å². The standard InChI is InChI=1S/C27H31BrO8/c1-15(28)13-18(32-26(30)16-5-3-2-4-6-16)9-11-27-14-20-22(35-27)23-24(34-20)25(36-27)21-19(33-23)8-7-17(31-21)10-12-29/h2-6,12,17-25H,1,7-11,13-14H2/t17-,18-,19+,20-,21+,22+,23+,24-,25?,27+/m1/s1. The van der Waals surface area contributed by atoms with E-state index in [1.807, 2.05) is 18.2 Å². The zero-order chi connectivity index (χ0) is 24.9. The Kier molecular flexibility index (Phi) is 6.81. The summed E-state index contributed by atoms with van der Waals surface area (Å²) in [6.45, 7) is 3.94. The molecule has 0 aliphatic carbocycles. The van der Waals surface area contributed by atoms with E-state index in [4.69, 9.17) is 28.4 Å². The highest BCUT2D eigenvalue weighted by Crippen LogP contribution is 2.54. The molecule has 6 heterocycles. The maximum absolute atomic E-state index is 12.7. The number of halogens is 1. The Hall–Kier alpha value is -1.62. The Morgan fingerprint density at radius 3 is 2.58 bits per heavy atom. The second-order valence-corrected chi connectivity index (χ2v) is 11.5. The van der Waals surface area contributed by atoms with Crippen LogP contribution in [0, 0.1) is 0 Å². The number of carbonyl (C=O) groups is 2. The molecule has 10 atom stereocenters. The highest BCUT2D eigenvalue weighted by molar-refractivity contribution is 9.11. The van der Waals surface area contributed by atoms with Crippen LogP contribution in [0.4, 0.5) is 0 Å². The van der Waals surface area contributed by atoms with Crippen LogP contribution in [0.3, 0.4) is 0 Å². The number of carbonyl (C=O) groups excluding carboxylic acids is 2. The molecule has 1 aromatic carbocycles. The first-order valence-corrected chi connectivity index (χ1v) is 13.6. The Morgan fingerprint density at radius 2 is 1.81 bits per heavy atom. The molecule has 1 unspecified atom stereocenters. The molecule has 0 N–H and O–H groups in total. The Bertz CT molecular complexity index is 1000. The highest BCUT2D eigenvalue weighted by Gasteiger charge is 2.68. The summed E-state index contributed by atoms with van der Waals surface area (Å²) < 4.78 is 39.0. The fourth-order valence-corrected chi connectivity index (χ4v) is 6.74. The quantitative estimate of drug-likeness (QED) is 0.331. The first-order valence-electron chi connectivity index (χ1n) is 12.8. The SMILES string of the molecule is C=C(Br)C[C@@H](CC[C@@]12C[C@H]3O[C@H]4C(O1)[C@H]1O[C@@H](CC=O)CC[C@@H]1O[C@H]4[C@H]3O2)OC(=O)c1ccccc1. The second-order valence-electron chi connectivity index (χ2n) is 10.4. The monoisotopic (exact) mass is 562 g/mol. The molecule has 6 aliphatic rings. The molecule has 9 heteroatoms. The summed E-state index contributed by atoms with van der Waals surface area (Å²) in [6.07, 6.45) is 3.01. The van der Waals surface area contributed by atoms with Gasteiger partial charge in [0.15, 0.2) is 5.79 Å². The van der Waals surface area contributed by atoms with Crippen LogP contribution in [0.25, 0.3) is 0 Å². The molecule has 0 spiro atoms. The lowest BCUT2D eigenvalue weighted by Gasteiger charge is -2.47. The molecule has 6 fully saturated rings. The van der Waals surface area contributed by atoms with E-state index < -0.39 is 11.9 Å². The fraction of sp³-hybridized carbons (Fsp3) is 0.630. The van der Waals surface area contributed by atoms with Crippen molar-refractivity contribution >= 4 is 28.2 Å². The summed E-state index contributed by atoms with van der Waals surface area (Å²) >= 11 is 3.42. The molecule has 0 aromatic heterocycles. The number of hydrogen-bond donors (Lipinski definition) is 0. The molecular formula is C27H31BrO8. The van der Waals surface area contributed by atoms with Crippen LogP contribution >= 0.6 is 15.9 Å². The molecule has 0 saturated carbocycles. The minimum atomic E-state index is -0.867. The molecule has 194 valence electrons. The topological polar surface area (TPSA) is 89.5 Å². The third-order valence-electron chi connectivity index (χ3n) is 7.97. The van der Waals surface area contributed by atoms with E-state index in [0.29, 0.717) is 37.7 Å². The zero-order valence-corrected chi connectivity index (χ0v) is 21.5. The van der Waals surface area contributed by atoms with Crippen molar-refractivity contribution in [2.75, 3.05) is 0 Å². The average Bonchev–Trinajstić information content (AvgIpc) is 3.28. The van der Waals surface area contributed by atoms with Crippen LogP contribution in [-0.4, -0.2) is 73.0 Å². The first-order chi connectivity index (χ1) is 17.4. The van der Waals surface area contributed by atoms with Crippen molar-refractivity contribution in [3.8, 4) is 0 Å². The number of esters is 1. The molecule has 0 radical (unpaired) electrons. The van der Waals surface area contributed by atoms with Gasteiger partial charge >= 0.3 is 5.97 Å². The number of fused-ring (bicyclic) bond motifs is 1. The summed E-state index contributed by atoms with van der Waals surface area (Å²) in [7, 11) is 0. The van der Waals surface area contributed by atoms with Crippen molar-refractivity contribution in [3.63, 3.8) is 0 Å². The maximum atomic E-state index is 12.7. The summed E-state index contributed by atoms with van der Waals surface area (Å²) in [5, 5.41) is 0. The van der Waals surface area contributed by atoms with Gasteiger partial charge in [0, 0.05) is 25.7 Å². The Morgan fingerprint density at radius 1 is 1.06 bits per heavy atom. The molecule has 6 saturated heterocycles. The molecule has 1 aromatic rings. The average molecular weight is 563 g/mol. The lowest BCUT2D eigenvalue weighted by Crippen LogP contribution is -2.61. The summed E-state index contributed by atoms with van der Waals surface area (Å²) in [6, 6.07) is 8.96. The fourth-order valence-electron chi connectivity index (χ4n) is 6.38. The van der Waals surface area contributed by atoms with E-state index in [2.05, 4.69) is 22.5 Å². The van der Waals surface area contributed by atoms with Crippen LogP contribution in [-0.2, 0) is 33.2 Å². The molecule has 8 nitrogen and oxygen atoms in total. The molecule has 36 heavy (non-hydrogen) atoms. The van der Waals surface area contributed by atoms with Crippen molar-refractivity contribution in [1.82, 2.24) is 0 Å². The number of hydrogen-bond acceptors (Lipinski definition) is 8. The first kappa shape index (κ1) is 24.7. The van der Waals surface area contributed by atoms with E-state index in [0.717, 1.165) is 23.6 Å². The highest BCUT2D eigenvalue weighted by atomic mass is 79.9. The molecule has 0 amide bonds. The summed E-state index contributed by atoms with van der Waals surface area (Å²) in [5.41, 5.74) is 0.509. The van der Waals surface area contributed by atoms with Crippen LogP contribution < -0.4 is 0 Å². The smallest absolute Gasteiger partial charge is 0.338 e. The maximum Gasteiger partial charge on any atom is 0.338 e. The van der Waals surface area contributed by atoms with Crippen molar-refractivity contribution in [1.29, 1.82) is 0 Å². The van der Waals surface area contributed by atoms with Gasteiger partial charge in [0.25, 0.3) is 0 Å². The molecule has 6 aliphatic heterocycles. The van der Waals surface area contributed by atoms with Gasteiger partial charge in [-0.2, -0.15) is 0 Å². The van der Waals surface area contributed by atoms with Crippen LogP contribution in [0.15, 0.2) is 41.4 Å². The molecule has 7 rings (SSSR count). The van der Waals surface area contributed by atoms with Crippen molar-refractivity contribution < 1.29 is 38.0 Å². The van der Waals surface area contributed by atoms with Gasteiger partial charge in [-0.15, -0.1) is 0 Å². The van der Waals surface area contributed by atoms with Gasteiger partial charge in [0.1, 0.15) is 42.9 Å². The summed E-state index contributed by atoms with van der Waals surface area (Å²) in [4.78, 5) is 23.8. The van der Waals surface area contributed by atoms with E-state index in [1.165, 1.54) is 0 Å². The van der Waals surface area contributed by atoms with Crippen LogP contribution in [0.1, 0.15) is 55.3 Å². The van der Waals surface area contributed by atoms with Gasteiger partial charge in [-0.1, -0.05) is 40.7 Å². The summed E-state index contributed by atoms with van der Waals surface area (Å²) in [5.74, 6) is -1.23. The molecule has 6 bridgehead atoms. The van der Waals surface area contributed by atoms with Crippen molar-refractivity contribution in [2.45, 2.75) is 106 Å². The normalized spacial score (nSPS) is 40.8. The van der Waals surface area contributed by atoms with E-state index in [9.17, 15) is 9.59 Å². The van der Waals surface area contributed by atoms with Crippen molar-refractivity contribution in [3.05, 3.63) is 47.0 Å². The number of rotatable bonds is 9. The van der Waals surface area contributed by atoms with Crippen LogP contribution in [0.2, 0.25) is 0 Å². The van der Waals surface area contributed by atoms with Gasteiger partial charge in [0.2, 0.25) is 0 Å².